The van der Waals surface area contributed by atoms with Crippen molar-refractivity contribution in [2.45, 2.75) is 24.0 Å². The molecule has 0 saturated carbocycles. The zero-order valence-electron chi connectivity index (χ0n) is 9.76. The molecule has 4 N–H and O–H groups in total. The summed E-state index contributed by atoms with van der Waals surface area (Å²) in [4.78, 5) is 10.8. The Morgan fingerprint density at radius 3 is 3.12 bits per heavy atom. The Balaban J connectivity index is 2.30. The molecule has 1 atom stereocenters. The molecule has 0 aromatic carbocycles. The van der Waals surface area contributed by atoms with Crippen LogP contribution in [0.5, 0.6) is 0 Å². The molecule has 1 aliphatic rings. The Morgan fingerprint density at radius 2 is 2.47 bits per heavy atom. The summed E-state index contributed by atoms with van der Waals surface area (Å²) < 4.78 is 0. The van der Waals surface area contributed by atoms with Gasteiger partial charge in [0.15, 0.2) is 5.16 Å². The second kappa shape index (κ2) is 5.52. The SMILES string of the molecule is CSc1nc(NN)cc(N2CCCC2CO)n1. The summed E-state index contributed by atoms with van der Waals surface area (Å²) in [6.45, 7) is 1.07. The number of anilines is 2. The maximum Gasteiger partial charge on any atom is 0.191 e. The minimum absolute atomic E-state index is 0.157. The van der Waals surface area contributed by atoms with Crippen LogP contribution in [0.1, 0.15) is 12.8 Å². The molecule has 0 amide bonds. The first-order chi connectivity index (χ1) is 8.28. The van der Waals surface area contributed by atoms with Gasteiger partial charge < -0.3 is 15.4 Å². The van der Waals surface area contributed by atoms with Gasteiger partial charge in [-0.1, -0.05) is 11.8 Å². The summed E-state index contributed by atoms with van der Waals surface area (Å²) in [5.74, 6) is 6.82. The molecule has 2 heterocycles. The monoisotopic (exact) mass is 255 g/mol. The van der Waals surface area contributed by atoms with Gasteiger partial charge >= 0.3 is 0 Å². The number of hydrogen-bond donors (Lipinski definition) is 3. The minimum atomic E-state index is 0.157. The van der Waals surface area contributed by atoms with Crippen LogP contribution in [0.25, 0.3) is 0 Å². The standard InChI is InChI=1S/C10H17N5OS/c1-17-10-12-8(14-11)5-9(13-10)15-4-2-3-7(15)6-16/h5,7,16H,2-4,6,11H2,1H3,(H,12,13,14). The second-order valence-corrected chi connectivity index (χ2v) is 4.69. The van der Waals surface area contributed by atoms with E-state index < -0.39 is 0 Å². The quantitative estimate of drug-likeness (QED) is 0.311. The molecule has 0 bridgehead atoms. The van der Waals surface area contributed by atoms with E-state index in [9.17, 15) is 5.11 Å². The van der Waals surface area contributed by atoms with Crippen molar-refractivity contribution in [1.29, 1.82) is 0 Å². The van der Waals surface area contributed by atoms with Gasteiger partial charge in [0, 0.05) is 12.6 Å². The fraction of sp³-hybridized carbons (Fsp3) is 0.600. The fourth-order valence-electron chi connectivity index (χ4n) is 2.05. The van der Waals surface area contributed by atoms with Crippen molar-refractivity contribution < 1.29 is 5.11 Å². The van der Waals surface area contributed by atoms with Crippen LogP contribution in [0.15, 0.2) is 11.2 Å². The molecule has 1 aromatic heterocycles. The topological polar surface area (TPSA) is 87.3 Å². The molecular formula is C10H17N5OS. The van der Waals surface area contributed by atoms with Crippen LogP contribution in [-0.2, 0) is 0 Å². The zero-order chi connectivity index (χ0) is 12.3. The van der Waals surface area contributed by atoms with E-state index in [1.807, 2.05) is 12.3 Å². The van der Waals surface area contributed by atoms with Crippen LogP contribution in [0.3, 0.4) is 0 Å². The Hall–Kier alpha value is -1.05. The highest BCUT2D eigenvalue weighted by Gasteiger charge is 2.25. The summed E-state index contributed by atoms with van der Waals surface area (Å²) >= 11 is 1.47. The largest absolute Gasteiger partial charge is 0.394 e. The fourth-order valence-corrected chi connectivity index (χ4v) is 2.43. The average Bonchev–Trinajstić information content (AvgIpc) is 2.86. The number of nitrogens with two attached hydrogens (primary N) is 1. The van der Waals surface area contributed by atoms with E-state index in [-0.39, 0.29) is 12.6 Å². The summed E-state index contributed by atoms with van der Waals surface area (Å²) in [7, 11) is 0. The number of aromatic nitrogens is 2. The van der Waals surface area contributed by atoms with Crippen molar-refractivity contribution in [3.05, 3.63) is 6.07 Å². The van der Waals surface area contributed by atoms with Gasteiger partial charge in [0.1, 0.15) is 11.6 Å². The van der Waals surface area contributed by atoms with Crippen LogP contribution in [-0.4, -0.2) is 40.5 Å². The summed E-state index contributed by atoms with van der Waals surface area (Å²) in [6, 6.07) is 1.97. The molecule has 1 saturated heterocycles. The normalized spacial score (nSPS) is 19.7. The number of thioether (sulfide) groups is 1. The average molecular weight is 255 g/mol. The van der Waals surface area contributed by atoms with Crippen LogP contribution in [0.2, 0.25) is 0 Å². The lowest BCUT2D eigenvalue weighted by Gasteiger charge is -2.24. The van der Waals surface area contributed by atoms with Gasteiger partial charge in [-0.15, -0.1) is 0 Å². The van der Waals surface area contributed by atoms with Gasteiger partial charge in [-0.2, -0.15) is 0 Å². The van der Waals surface area contributed by atoms with Crippen molar-refractivity contribution in [3.8, 4) is 0 Å². The van der Waals surface area contributed by atoms with Crippen molar-refractivity contribution in [3.63, 3.8) is 0 Å². The number of nitrogens with one attached hydrogen (secondary N) is 1. The Labute approximate surface area is 105 Å². The van der Waals surface area contributed by atoms with Gasteiger partial charge in [0.2, 0.25) is 0 Å². The van der Waals surface area contributed by atoms with Gasteiger partial charge in [0.05, 0.1) is 12.6 Å². The molecule has 0 spiro atoms. The first-order valence-electron chi connectivity index (χ1n) is 5.55. The van der Waals surface area contributed by atoms with Crippen molar-refractivity contribution >= 4 is 23.4 Å². The number of nitrogen functional groups attached to an aromatic ring is 1. The van der Waals surface area contributed by atoms with E-state index in [1.54, 1.807) is 0 Å². The predicted octanol–water partition coefficient (Wildman–Crippen LogP) is 0.445. The molecule has 0 radical (unpaired) electrons. The third-order valence-electron chi connectivity index (χ3n) is 2.90. The Bertz CT molecular complexity index is 367. The molecule has 94 valence electrons. The van der Waals surface area contributed by atoms with Crippen molar-refractivity contribution in [2.75, 3.05) is 29.7 Å². The number of nitrogens with zero attached hydrogens (tertiary/aromatic N) is 3. The van der Waals surface area contributed by atoms with E-state index in [0.29, 0.717) is 11.0 Å². The van der Waals surface area contributed by atoms with E-state index in [0.717, 1.165) is 25.2 Å². The highest BCUT2D eigenvalue weighted by atomic mass is 32.2. The molecule has 1 aliphatic heterocycles. The van der Waals surface area contributed by atoms with Crippen molar-refractivity contribution in [1.82, 2.24) is 9.97 Å². The van der Waals surface area contributed by atoms with E-state index in [2.05, 4.69) is 20.3 Å². The van der Waals surface area contributed by atoms with Crippen LogP contribution in [0, 0.1) is 0 Å². The van der Waals surface area contributed by atoms with Gasteiger partial charge in [-0.3, -0.25) is 0 Å². The third-order valence-corrected chi connectivity index (χ3v) is 3.45. The van der Waals surface area contributed by atoms with Gasteiger partial charge in [-0.25, -0.2) is 15.8 Å². The van der Waals surface area contributed by atoms with Gasteiger partial charge in [0.25, 0.3) is 0 Å². The molecule has 1 fully saturated rings. The lowest BCUT2D eigenvalue weighted by molar-refractivity contribution is 0.266. The number of rotatable bonds is 4. The summed E-state index contributed by atoms with van der Waals surface area (Å²) in [5, 5.41) is 10.00. The molecule has 2 rings (SSSR count). The number of hydrazine groups is 1. The molecule has 6 nitrogen and oxygen atoms in total. The Kier molecular flexibility index (Phi) is 4.03. The molecule has 1 unspecified atom stereocenters. The smallest absolute Gasteiger partial charge is 0.191 e. The van der Waals surface area contributed by atoms with Crippen molar-refractivity contribution in [2.24, 2.45) is 5.84 Å². The second-order valence-electron chi connectivity index (χ2n) is 3.91. The van der Waals surface area contributed by atoms with Crippen LogP contribution in [0.4, 0.5) is 11.6 Å². The minimum Gasteiger partial charge on any atom is -0.394 e. The molecule has 1 aromatic rings. The first kappa shape index (κ1) is 12.4. The van der Waals surface area contributed by atoms with E-state index in [4.69, 9.17) is 5.84 Å². The molecule has 7 heteroatoms. The predicted molar refractivity (Wildman–Crippen MR) is 69.1 cm³/mol. The maximum atomic E-state index is 9.32. The summed E-state index contributed by atoms with van der Waals surface area (Å²) in [5.41, 5.74) is 2.54. The Morgan fingerprint density at radius 1 is 1.65 bits per heavy atom. The van der Waals surface area contributed by atoms with Crippen LogP contribution >= 0.6 is 11.8 Å². The van der Waals surface area contributed by atoms with E-state index in [1.165, 1.54) is 11.8 Å². The highest BCUT2D eigenvalue weighted by molar-refractivity contribution is 7.98. The lowest BCUT2D eigenvalue weighted by atomic mass is 10.2. The summed E-state index contributed by atoms with van der Waals surface area (Å²) in [6.07, 6.45) is 4.00. The number of aliphatic hydroxyl groups is 1. The number of hydrogen-bond acceptors (Lipinski definition) is 7. The maximum absolute atomic E-state index is 9.32. The molecule has 0 aliphatic carbocycles. The number of aliphatic hydroxyl groups excluding tert-OH is 1. The molecule has 17 heavy (non-hydrogen) atoms. The van der Waals surface area contributed by atoms with Crippen LogP contribution < -0.4 is 16.2 Å². The highest BCUT2D eigenvalue weighted by Crippen LogP contribution is 2.26. The lowest BCUT2D eigenvalue weighted by Crippen LogP contribution is -2.33. The van der Waals surface area contributed by atoms with Gasteiger partial charge in [-0.05, 0) is 19.1 Å². The van der Waals surface area contributed by atoms with E-state index >= 15 is 0 Å². The zero-order valence-corrected chi connectivity index (χ0v) is 10.6. The molecular weight excluding hydrogens is 238 g/mol. The first-order valence-corrected chi connectivity index (χ1v) is 6.78. The third kappa shape index (κ3) is 2.62.